The smallest absolute Gasteiger partial charge is 0.326 e. The van der Waals surface area contributed by atoms with E-state index >= 15 is 0 Å². The van der Waals surface area contributed by atoms with Gasteiger partial charge in [0, 0.05) is 10.5 Å². The van der Waals surface area contributed by atoms with Crippen molar-refractivity contribution in [2.24, 2.45) is 11.8 Å². The zero-order valence-electron chi connectivity index (χ0n) is 21.4. The van der Waals surface area contributed by atoms with Gasteiger partial charge in [-0.1, -0.05) is 36.2 Å². The van der Waals surface area contributed by atoms with Crippen molar-refractivity contribution in [1.82, 2.24) is 15.5 Å². The van der Waals surface area contributed by atoms with E-state index in [1.807, 2.05) is 20.1 Å². The molecule has 5 atom stereocenters. The molecule has 37 heavy (non-hydrogen) atoms. The molecule has 3 amide bonds. The molecule has 1 saturated heterocycles. The summed E-state index contributed by atoms with van der Waals surface area (Å²) in [6.45, 7) is 3.63. The van der Waals surface area contributed by atoms with Gasteiger partial charge in [0.1, 0.15) is 23.9 Å². The molecule has 1 aromatic rings. The summed E-state index contributed by atoms with van der Waals surface area (Å²) in [6, 6.07) is 1.60. The van der Waals surface area contributed by atoms with Crippen LogP contribution in [0.3, 0.4) is 0 Å². The van der Waals surface area contributed by atoms with Gasteiger partial charge in [-0.15, -0.1) is 0 Å². The lowest BCUT2D eigenvalue weighted by molar-refractivity contribution is -0.151. The molecular formula is C26H36BrN3O6S. The molecule has 0 unspecified atom stereocenters. The number of fused-ring (bicyclic) bond motifs is 1. The lowest BCUT2D eigenvalue weighted by Gasteiger charge is -2.45. The van der Waals surface area contributed by atoms with Crippen LogP contribution in [0.1, 0.15) is 62.7 Å². The lowest BCUT2D eigenvalue weighted by atomic mass is 9.85. The number of thioether (sulfide) groups is 1. The SMILES string of the molecule is CSCC[C@H](NC(=O)[C@@H]1CC[C@@H]2CCC[C@@H]2N1C(=O)[C@@H](NC(=O)c1cc(Br)ccc1O)C(C)C)C(=O)O. The van der Waals surface area contributed by atoms with Gasteiger partial charge in [-0.2, -0.15) is 11.8 Å². The fraction of sp³-hybridized carbons (Fsp3) is 0.615. The number of carboxylic acids is 1. The van der Waals surface area contributed by atoms with E-state index in [9.17, 15) is 29.4 Å². The normalized spacial score (nSPS) is 22.7. The second kappa shape index (κ2) is 13.0. The number of nitrogens with zero attached hydrogens (tertiary/aromatic N) is 1. The van der Waals surface area contributed by atoms with Crippen LogP contribution in [0.25, 0.3) is 0 Å². The molecular weight excluding hydrogens is 562 g/mol. The fourth-order valence-corrected chi connectivity index (χ4v) is 6.21. The van der Waals surface area contributed by atoms with Gasteiger partial charge in [-0.25, -0.2) is 4.79 Å². The first-order valence-corrected chi connectivity index (χ1v) is 14.9. The molecule has 1 aromatic carbocycles. The van der Waals surface area contributed by atoms with Gasteiger partial charge in [0.15, 0.2) is 0 Å². The number of halogens is 1. The highest BCUT2D eigenvalue weighted by Crippen LogP contribution is 2.40. The number of phenolic OH excluding ortho intramolecular Hbond substituents is 1. The van der Waals surface area contributed by atoms with Gasteiger partial charge in [0.05, 0.1) is 5.56 Å². The summed E-state index contributed by atoms with van der Waals surface area (Å²) in [5.41, 5.74) is 0.0394. The van der Waals surface area contributed by atoms with Crippen LogP contribution in [-0.4, -0.2) is 75.0 Å². The van der Waals surface area contributed by atoms with Crippen molar-refractivity contribution >= 4 is 51.4 Å². The minimum atomic E-state index is -1.10. The average molecular weight is 599 g/mol. The number of rotatable bonds is 10. The third kappa shape index (κ3) is 6.98. The van der Waals surface area contributed by atoms with Crippen molar-refractivity contribution in [3.63, 3.8) is 0 Å². The molecule has 0 radical (unpaired) electrons. The average Bonchev–Trinajstić information content (AvgIpc) is 3.33. The number of carboxylic acid groups (broad SMARTS) is 1. The number of benzene rings is 1. The van der Waals surface area contributed by atoms with Crippen molar-refractivity contribution in [3.05, 3.63) is 28.2 Å². The number of nitrogens with one attached hydrogen (secondary N) is 2. The highest BCUT2D eigenvalue weighted by Gasteiger charge is 2.47. The molecule has 2 fully saturated rings. The number of likely N-dealkylation sites (tertiary alicyclic amines) is 1. The summed E-state index contributed by atoms with van der Waals surface area (Å²) in [4.78, 5) is 53.9. The Labute approximate surface area is 230 Å². The van der Waals surface area contributed by atoms with Gasteiger partial charge < -0.3 is 25.7 Å². The maximum absolute atomic E-state index is 14.0. The molecule has 1 aliphatic heterocycles. The van der Waals surface area contributed by atoms with Gasteiger partial charge in [-0.3, -0.25) is 14.4 Å². The Bertz CT molecular complexity index is 1020. The third-order valence-electron chi connectivity index (χ3n) is 7.33. The highest BCUT2D eigenvalue weighted by atomic mass is 79.9. The van der Waals surface area contributed by atoms with Crippen LogP contribution in [0.4, 0.5) is 0 Å². The van der Waals surface area contributed by atoms with E-state index in [0.29, 0.717) is 16.6 Å². The minimum absolute atomic E-state index is 0.0394. The van der Waals surface area contributed by atoms with E-state index in [-0.39, 0.29) is 41.5 Å². The molecule has 1 saturated carbocycles. The molecule has 0 aromatic heterocycles. The fourth-order valence-electron chi connectivity index (χ4n) is 5.38. The number of aromatic hydroxyl groups is 1. The number of carbonyl (C=O) groups is 4. The maximum Gasteiger partial charge on any atom is 0.326 e. The Balaban J connectivity index is 1.87. The minimum Gasteiger partial charge on any atom is -0.507 e. The Hall–Kier alpha value is -2.27. The number of phenols is 1. The number of piperidine rings is 1. The van der Waals surface area contributed by atoms with Crippen molar-refractivity contribution in [2.75, 3.05) is 12.0 Å². The predicted octanol–water partition coefficient (Wildman–Crippen LogP) is 3.39. The number of amides is 3. The second-order valence-corrected chi connectivity index (χ2v) is 12.0. The highest BCUT2D eigenvalue weighted by molar-refractivity contribution is 9.10. The number of hydrogen-bond donors (Lipinski definition) is 4. The predicted molar refractivity (Wildman–Crippen MR) is 145 cm³/mol. The Morgan fingerprint density at radius 1 is 1.14 bits per heavy atom. The topological polar surface area (TPSA) is 136 Å². The Morgan fingerprint density at radius 3 is 2.51 bits per heavy atom. The quantitative estimate of drug-likeness (QED) is 0.324. The van der Waals surface area contributed by atoms with Gasteiger partial charge >= 0.3 is 5.97 Å². The van der Waals surface area contributed by atoms with E-state index in [4.69, 9.17) is 0 Å². The first-order chi connectivity index (χ1) is 17.5. The van der Waals surface area contributed by atoms with Crippen molar-refractivity contribution in [1.29, 1.82) is 0 Å². The number of hydrogen-bond acceptors (Lipinski definition) is 6. The van der Waals surface area contributed by atoms with Crippen LogP contribution in [0, 0.1) is 11.8 Å². The van der Waals surface area contributed by atoms with Crippen LogP contribution in [-0.2, 0) is 14.4 Å². The van der Waals surface area contributed by atoms with Crippen molar-refractivity contribution < 1.29 is 29.4 Å². The second-order valence-electron chi connectivity index (χ2n) is 10.1. The van der Waals surface area contributed by atoms with Crippen LogP contribution in [0.5, 0.6) is 5.75 Å². The summed E-state index contributed by atoms with van der Waals surface area (Å²) in [6.07, 6.45) is 6.08. The van der Waals surface area contributed by atoms with E-state index in [0.717, 1.165) is 25.7 Å². The molecule has 2 aliphatic rings. The van der Waals surface area contributed by atoms with Gasteiger partial charge in [0.2, 0.25) is 11.8 Å². The van der Waals surface area contributed by atoms with E-state index in [2.05, 4.69) is 26.6 Å². The Morgan fingerprint density at radius 2 is 1.86 bits per heavy atom. The summed E-state index contributed by atoms with van der Waals surface area (Å²) >= 11 is 4.80. The van der Waals surface area contributed by atoms with E-state index < -0.39 is 35.9 Å². The summed E-state index contributed by atoms with van der Waals surface area (Å²) in [5.74, 6) is -2.14. The zero-order valence-corrected chi connectivity index (χ0v) is 23.8. The monoisotopic (exact) mass is 597 g/mol. The number of carbonyl (C=O) groups excluding carboxylic acids is 3. The molecule has 0 bridgehead atoms. The first kappa shape index (κ1) is 29.3. The van der Waals surface area contributed by atoms with Crippen LogP contribution in [0.15, 0.2) is 22.7 Å². The third-order valence-corrected chi connectivity index (χ3v) is 8.47. The Kier molecular flexibility index (Phi) is 10.3. The standard InChI is InChI=1S/C26H36BrN3O6S/c1-14(2)22(29-23(32)17-13-16(27)8-10-21(17)31)25(34)30-19-6-4-5-15(19)7-9-20(30)24(33)28-18(26(35)36)11-12-37-3/h8,10,13-15,18-20,22,31H,4-7,9,11-12H2,1-3H3,(H,28,33)(H,29,32)(H,35,36)/t15-,18-,19-,20-,22-/m0/s1. The molecule has 11 heteroatoms. The van der Waals surface area contributed by atoms with E-state index in [1.54, 1.807) is 11.0 Å². The van der Waals surface area contributed by atoms with Gasteiger partial charge in [-0.05, 0) is 74.1 Å². The van der Waals surface area contributed by atoms with Gasteiger partial charge in [0.25, 0.3) is 5.91 Å². The van der Waals surface area contributed by atoms with Crippen LogP contribution >= 0.6 is 27.7 Å². The molecule has 0 spiro atoms. The summed E-state index contributed by atoms with van der Waals surface area (Å²) in [5, 5.41) is 25.2. The molecule has 1 heterocycles. The summed E-state index contributed by atoms with van der Waals surface area (Å²) in [7, 11) is 0. The molecule has 4 N–H and O–H groups in total. The molecule has 9 nitrogen and oxygen atoms in total. The molecule has 3 rings (SSSR count). The largest absolute Gasteiger partial charge is 0.507 e. The molecule has 1 aliphatic carbocycles. The molecule has 204 valence electrons. The van der Waals surface area contributed by atoms with E-state index in [1.165, 1.54) is 23.9 Å². The first-order valence-electron chi connectivity index (χ1n) is 12.7. The maximum atomic E-state index is 14.0. The van der Waals surface area contributed by atoms with Crippen molar-refractivity contribution in [2.45, 2.75) is 76.5 Å². The lowest BCUT2D eigenvalue weighted by Crippen LogP contribution is -2.63. The van der Waals surface area contributed by atoms with Crippen LogP contribution in [0.2, 0.25) is 0 Å². The number of aliphatic carboxylic acids is 1. The summed E-state index contributed by atoms with van der Waals surface area (Å²) < 4.78 is 0.610. The zero-order chi connectivity index (χ0) is 27.3. The van der Waals surface area contributed by atoms with Crippen molar-refractivity contribution in [3.8, 4) is 5.75 Å². The van der Waals surface area contributed by atoms with Crippen LogP contribution < -0.4 is 10.6 Å².